The van der Waals surface area contributed by atoms with Crippen LogP contribution in [0.15, 0.2) is 33.1 Å². The molecule has 2 N–H and O–H groups in total. The number of pyridine rings is 1. The van der Waals surface area contributed by atoms with Crippen molar-refractivity contribution in [2.24, 2.45) is 11.7 Å². The van der Waals surface area contributed by atoms with Crippen LogP contribution in [0.5, 0.6) is 0 Å². The molecule has 0 aliphatic heterocycles. The van der Waals surface area contributed by atoms with Gasteiger partial charge in [0.25, 0.3) is 5.92 Å². The van der Waals surface area contributed by atoms with Crippen LogP contribution in [0.1, 0.15) is 52.5 Å². The van der Waals surface area contributed by atoms with Gasteiger partial charge in [-0.05, 0) is 64.7 Å². The summed E-state index contributed by atoms with van der Waals surface area (Å²) in [5, 5.41) is 3.53. The van der Waals surface area contributed by atoms with Crippen LogP contribution in [0.2, 0.25) is 0 Å². The zero-order chi connectivity index (χ0) is 29.6. The maximum Gasteiger partial charge on any atom is 0.435 e. The lowest BCUT2D eigenvalue weighted by molar-refractivity contribution is -0.142. The molecule has 3 heterocycles. The highest BCUT2D eigenvalue weighted by molar-refractivity contribution is 9.10. The van der Waals surface area contributed by atoms with Crippen molar-refractivity contribution in [1.29, 1.82) is 0 Å². The van der Waals surface area contributed by atoms with Crippen molar-refractivity contribution in [3.63, 3.8) is 0 Å². The lowest BCUT2D eigenvalue weighted by atomic mass is 9.87. The number of thiazole rings is 1. The van der Waals surface area contributed by atoms with Crippen molar-refractivity contribution in [3.8, 4) is 0 Å². The fraction of sp³-hybridized carbons (Fsp3) is 0.360. The van der Waals surface area contributed by atoms with E-state index in [1.54, 1.807) is 12.3 Å². The fourth-order valence-corrected chi connectivity index (χ4v) is 7.87. The van der Waals surface area contributed by atoms with E-state index >= 15 is 8.78 Å². The Bertz CT molecular complexity index is 1700. The van der Waals surface area contributed by atoms with Crippen LogP contribution in [0.4, 0.5) is 30.7 Å². The van der Waals surface area contributed by atoms with Crippen LogP contribution in [0.3, 0.4) is 0 Å². The average molecular weight is 680 g/mol. The Balaban J connectivity index is 1.59. The standard InChI is InChI=1S/C25H17BrF7N5OS2/c1-40-23-36-22-15(41-23)7-14(26)17(35-22)12(4-8-2-9(27)5-10(28)3-8)18(21(34)39)38-20-16(19(37-38)25(31,32)33)11-6-13(11)24(20,29)30/h2-3,5,7,11-13,18H,4,6H2,1H3,(H2,34,39)/t11-,12+,13+,18?/m0/s1. The van der Waals surface area contributed by atoms with Gasteiger partial charge in [0.05, 0.1) is 10.4 Å². The second-order valence-corrected chi connectivity index (χ2v) is 12.9. The summed E-state index contributed by atoms with van der Waals surface area (Å²) in [4.78, 5) is 22.0. The summed E-state index contributed by atoms with van der Waals surface area (Å²) in [6.45, 7) is 0. The van der Waals surface area contributed by atoms with Crippen LogP contribution in [0.25, 0.3) is 10.3 Å². The molecule has 0 radical (unpaired) electrons. The Kier molecular flexibility index (Phi) is 6.69. The van der Waals surface area contributed by atoms with Gasteiger partial charge in [-0.1, -0.05) is 11.8 Å². The molecular formula is C25H17BrF7N5OS2. The summed E-state index contributed by atoms with van der Waals surface area (Å²) in [7, 11) is 0. The lowest BCUT2D eigenvalue weighted by Crippen LogP contribution is -2.37. The SMILES string of the molecule is CSc1nc2nc([C@@H](Cc3cc(F)cc(F)c3)C(C(N)=O)n3nc(C(F)(F)F)c4c3C(F)(F)[C@@H]3C[C@H]43)c(Br)cc2s1. The van der Waals surface area contributed by atoms with Crippen LogP contribution >= 0.6 is 39.0 Å². The third-order valence-electron chi connectivity index (χ3n) is 7.34. The van der Waals surface area contributed by atoms with Crippen molar-refractivity contribution in [3.05, 3.63) is 68.6 Å². The zero-order valence-corrected chi connectivity index (χ0v) is 23.9. The number of carbonyl (C=O) groups excluding carboxylic acids is 1. The molecule has 216 valence electrons. The molecule has 6 nitrogen and oxygen atoms in total. The number of primary amides is 1. The molecule has 16 heteroatoms. The molecule has 6 rings (SSSR count). The number of aromatic nitrogens is 4. The Morgan fingerprint density at radius 1 is 1.22 bits per heavy atom. The van der Waals surface area contributed by atoms with E-state index in [2.05, 4.69) is 31.0 Å². The van der Waals surface area contributed by atoms with Gasteiger partial charge in [0.15, 0.2) is 15.7 Å². The molecule has 0 bridgehead atoms. The number of hydrogen-bond donors (Lipinski definition) is 1. The number of nitrogens with zero attached hydrogens (tertiary/aromatic N) is 4. The van der Waals surface area contributed by atoms with Gasteiger partial charge < -0.3 is 5.73 Å². The summed E-state index contributed by atoms with van der Waals surface area (Å²) < 4.78 is 103. The maximum atomic E-state index is 15.5. The molecular weight excluding hydrogens is 663 g/mol. The predicted molar refractivity (Wildman–Crippen MR) is 140 cm³/mol. The number of hydrogen-bond acceptors (Lipinski definition) is 6. The molecule has 1 unspecified atom stereocenters. The Labute approximate surface area is 243 Å². The first-order chi connectivity index (χ1) is 19.2. The van der Waals surface area contributed by atoms with Crippen molar-refractivity contribution >= 4 is 55.3 Å². The predicted octanol–water partition coefficient (Wildman–Crippen LogP) is 6.93. The Morgan fingerprint density at radius 3 is 2.51 bits per heavy atom. The molecule has 41 heavy (non-hydrogen) atoms. The molecule has 1 saturated carbocycles. The quantitative estimate of drug-likeness (QED) is 0.169. The number of thioether (sulfide) groups is 1. The molecule has 3 aromatic heterocycles. The van der Waals surface area contributed by atoms with Gasteiger partial charge in [-0.3, -0.25) is 4.79 Å². The molecule has 2 aliphatic rings. The van der Waals surface area contributed by atoms with Crippen LogP contribution in [-0.4, -0.2) is 31.9 Å². The largest absolute Gasteiger partial charge is 0.435 e. The third kappa shape index (κ3) is 4.71. The number of rotatable bonds is 7. The van der Waals surface area contributed by atoms with Crippen LogP contribution < -0.4 is 5.73 Å². The van der Waals surface area contributed by atoms with Gasteiger partial charge in [-0.25, -0.2) is 23.4 Å². The van der Waals surface area contributed by atoms with Crippen molar-refractivity contribution in [2.45, 2.75) is 47.2 Å². The van der Waals surface area contributed by atoms with Gasteiger partial charge in [0.2, 0.25) is 5.91 Å². The van der Waals surface area contributed by atoms with E-state index in [0.29, 0.717) is 19.8 Å². The zero-order valence-electron chi connectivity index (χ0n) is 20.6. The minimum Gasteiger partial charge on any atom is -0.368 e. The molecule has 1 amide bonds. The number of carbonyl (C=O) groups is 1. The lowest BCUT2D eigenvalue weighted by Gasteiger charge is -2.28. The van der Waals surface area contributed by atoms with E-state index in [1.807, 2.05) is 0 Å². The van der Waals surface area contributed by atoms with Crippen molar-refractivity contribution in [2.75, 3.05) is 6.26 Å². The van der Waals surface area contributed by atoms with Gasteiger partial charge in [0.1, 0.15) is 23.4 Å². The second-order valence-electron chi connectivity index (χ2n) is 9.92. The highest BCUT2D eigenvalue weighted by Gasteiger charge is 2.69. The van der Waals surface area contributed by atoms with Gasteiger partial charge in [-0.2, -0.15) is 27.1 Å². The van der Waals surface area contributed by atoms with Crippen LogP contribution in [-0.2, 0) is 23.3 Å². The van der Waals surface area contributed by atoms with Gasteiger partial charge in [0, 0.05) is 27.9 Å². The average Bonchev–Trinajstić information content (AvgIpc) is 3.31. The van der Waals surface area contributed by atoms with E-state index in [1.165, 1.54) is 23.1 Å². The summed E-state index contributed by atoms with van der Waals surface area (Å²) in [6.07, 6.45) is -3.85. The monoisotopic (exact) mass is 679 g/mol. The third-order valence-corrected chi connectivity index (χ3v) is 9.95. The smallest absolute Gasteiger partial charge is 0.368 e. The summed E-state index contributed by atoms with van der Waals surface area (Å²) >= 11 is 6.02. The highest BCUT2D eigenvalue weighted by atomic mass is 79.9. The Hall–Kier alpha value is -2.72. The summed E-state index contributed by atoms with van der Waals surface area (Å²) in [5.74, 6) is -10.7. The molecule has 0 saturated heterocycles. The number of fused-ring (bicyclic) bond motifs is 4. The summed E-state index contributed by atoms with van der Waals surface area (Å²) in [5.41, 5.74) is 2.77. The van der Waals surface area contributed by atoms with Crippen LogP contribution in [0, 0.1) is 17.6 Å². The first-order valence-corrected chi connectivity index (χ1v) is 14.9. The number of halogens is 8. The molecule has 0 spiro atoms. The highest BCUT2D eigenvalue weighted by Crippen LogP contribution is 2.69. The van der Waals surface area contributed by atoms with E-state index in [0.717, 1.165) is 12.1 Å². The molecule has 1 fully saturated rings. The van der Waals surface area contributed by atoms with E-state index in [4.69, 9.17) is 5.73 Å². The first-order valence-electron chi connectivity index (χ1n) is 12.0. The number of amides is 1. The number of alkyl halides is 5. The molecule has 4 atom stereocenters. The maximum absolute atomic E-state index is 15.5. The van der Waals surface area contributed by atoms with Gasteiger partial charge in [-0.15, -0.1) is 11.3 Å². The van der Waals surface area contributed by atoms with Gasteiger partial charge >= 0.3 is 6.18 Å². The second kappa shape index (κ2) is 9.66. The van der Waals surface area contributed by atoms with E-state index < -0.39 is 76.8 Å². The molecule has 4 aromatic rings. The van der Waals surface area contributed by atoms with E-state index in [9.17, 15) is 26.7 Å². The van der Waals surface area contributed by atoms with Crippen molar-refractivity contribution < 1.29 is 35.5 Å². The molecule has 2 aliphatic carbocycles. The minimum atomic E-state index is -5.08. The number of benzene rings is 1. The summed E-state index contributed by atoms with van der Waals surface area (Å²) in [6, 6.07) is 2.23. The topological polar surface area (TPSA) is 86.7 Å². The molecule has 1 aromatic carbocycles. The Morgan fingerprint density at radius 2 is 1.90 bits per heavy atom. The van der Waals surface area contributed by atoms with Crippen molar-refractivity contribution in [1.82, 2.24) is 19.7 Å². The normalized spacial score (nSPS) is 20.6. The first kappa shape index (κ1) is 28.4. The van der Waals surface area contributed by atoms with E-state index in [-0.39, 0.29) is 27.8 Å². The minimum absolute atomic E-state index is 0.00918. The number of nitrogens with two attached hydrogens (primary N) is 1. The fourth-order valence-electron chi connectivity index (χ4n) is 5.64.